The number of halogens is 2. The van der Waals surface area contributed by atoms with Crippen LogP contribution in [0.25, 0.3) is 0 Å². The average Bonchev–Trinajstić information content (AvgIpc) is 2.35. The summed E-state index contributed by atoms with van der Waals surface area (Å²) in [5.41, 5.74) is 0.414. The van der Waals surface area contributed by atoms with Crippen molar-refractivity contribution in [3.63, 3.8) is 0 Å². The van der Waals surface area contributed by atoms with Crippen LogP contribution in [0.3, 0.4) is 0 Å². The Morgan fingerprint density at radius 2 is 2.06 bits per heavy atom. The summed E-state index contributed by atoms with van der Waals surface area (Å²) in [6.07, 6.45) is 1.27. The van der Waals surface area contributed by atoms with Gasteiger partial charge in [-0.15, -0.1) is 0 Å². The minimum atomic E-state index is -0.785. The highest BCUT2D eigenvalue weighted by atomic mass is 19.2. The van der Waals surface area contributed by atoms with Crippen LogP contribution in [0.15, 0.2) is 18.2 Å². The lowest BCUT2D eigenvalue weighted by molar-refractivity contribution is 0.136. The Kier molecular flexibility index (Phi) is 6.83. The van der Waals surface area contributed by atoms with Gasteiger partial charge in [0.2, 0.25) is 0 Å². The van der Waals surface area contributed by atoms with E-state index in [1.54, 1.807) is 12.1 Å². The molecule has 1 aromatic rings. The predicted octanol–water partition coefficient (Wildman–Crippen LogP) is 2.91. The number of hydrogen-bond acceptors (Lipinski definition) is 2. The fourth-order valence-corrected chi connectivity index (χ4v) is 1.91. The van der Waals surface area contributed by atoms with E-state index in [1.807, 2.05) is 13.8 Å². The third-order valence-corrected chi connectivity index (χ3v) is 2.81. The highest BCUT2D eigenvalue weighted by Crippen LogP contribution is 2.14. The molecule has 0 aromatic heterocycles. The molecule has 0 aliphatic carbocycles. The molecule has 0 fully saturated rings. The van der Waals surface area contributed by atoms with Crippen molar-refractivity contribution in [2.24, 2.45) is 0 Å². The Bertz CT molecular complexity index is 358. The van der Waals surface area contributed by atoms with E-state index in [0.29, 0.717) is 25.2 Å². The maximum Gasteiger partial charge on any atom is 0.162 e. The second-order valence-corrected chi connectivity index (χ2v) is 4.16. The molecule has 0 radical (unpaired) electrons. The summed E-state index contributed by atoms with van der Waals surface area (Å²) in [6.45, 7) is 6.04. The van der Waals surface area contributed by atoms with E-state index in [0.717, 1.165) is 19.0 Å². The minimum absolute atomic E-state index is 0.109. The first-order valence-electron chi connectivity index (χ1n) is 6.43. The van der Waals surface area contributed by atoms with Gasteiger partial charge in [0.25, 0.3) is 0 Å². The van der Waals surface area contributed by atoms with E-state index in [1.165, 1.54) is 0 Å². The zero-order valence-corrected chi connectivity index (χ0v) is 11.0. The monoisotopic (exact) mass is 257 g/mol. The molecular weight excluding hydrogens is 236 g/mol. The van der Waals surface area contributed by atoms with Crippen LogP contribution in [-0.2, 0) is 11.2 Å². The largest absolute Gasteiger partial charge is 0.382 e. The summed E-state index contributed by atoms with van der Waals surface area (Å²) in [5, 5.41) is 3.27. The Balaban J connectivity index is 2.61. The first-order chi connectivity index (χ1) is 8.69. The van der Waals surface area contributed by atoms with Gasteiger partial charge in [-0.1, -0.05) is 19.1 Å². The smallest absolute Gasteiger partial charge is 0.162 e. The van der Waals surface area contributed by atoms with Crippen LogP contribution in [0, 0.1) is 11.6 Å². The Hall–Kier alpha value is -1.00. The molecule has 4 heteroatoms. The number of nitrogens with one attached hydrogen (secondary N) is 1. The van der Waals surface area contributed by atoms with Crippen molar-refractivity contribution in [2.45, 2.75) is 32.7 Å². The SMILES string of the molecule is CCNC(CCOCC)Cc1cccc(F)c1F. The van der Waals surface area contributed by atoms with Gasteiger partial charge in [0.1, 0.15) is 0 Å². The molecule has 0 spiro atoms. The van der Waals surface area contributed by atoms with Crippen molar-refractivity contribution in [2.75, 3.05) is 19.8 Å². The normalized spacial score (nSPS) is 12.7. The molecule has 0 aliphatic rings. The maximum atomic E-state index is 13.6. The number of rotatable bonds is 8. The summed E-state index contributed by atoms with van der Waals surface area (Å²) >= 11 is 0. The van der Waals surface area contributed by atoms with Crippen LogP contribution in [0.1, 0.15) is 25.8 Å². The van der Waals surface area contributed by atoms with Crippen molar-refractivity contribution >= 4 is 0 Å². The second kappa shape index (κ2) is 8.16. The van der Waals surface area contributed by atoms with Crippen LogP contribution in [0.4, 0.5) is 8.78 Å². The highest BCUT2D eigenvalue weighted by Gasteiger charge is 2.13. The van der Waals surface area contributed by atoms with E-state index in [-0.39, 0.29) is 6.04 Å². The Morgan fingerprint density at radius 3 is 2.72 bits per heavy atom. The summed E-state index contributed by atoms with van der Waals surface area (Å²) in [6, 6.07) is 4.42. The standard InChI is InChI=1S/C14H21F2NO/c1-3-17-12(8-9-18-4-2)10-11-6-5-7-13(15)14(11)16/h5-7,12,17H,3-4,8-10H2,1-2H3. The Labute approximate surface area is 107 Å². The zero-order chi connectivity index (χ0) is 13.4. The van der Waals surface area contributed by atoms with E-state index in [4.69, 9.17) is 4.74 Å². The van der Waals surface area contributed by atoms with Gasteiger partial charge < -0.3 is 10.1 Å². The molecule has 0 bridgehead atoms. The number of hydrogen-bond donors (Lipinski definition) is 1. The summed E-state index contributed by atoms with van der Waals surface area (Å²) < 4.78 is 32.0. The van der Waals surface area contributed by atoms with Crippen LogP contribution >= 0.6 is 0 Å². The van der Waals surface area contributed by atoms with Crippen molar-refractivity contribution in [3.8, 4) is 0 Å². The predicted molar refractivity (Wildman–Crippen MR) is 68.6 cm³/mol. The van der Waals surface area contributed by atoms with Crippen molar-refractivity contribution in [1.29, 1.82) is 0 Å². The van der Waals surface area contributed by atoms with Gasteiger partial charge in [-0.2, -0.15) is 0 Å². The molecule has 1 N–H and O–H groups in total. The molecule has 18 heavy (non-hydrogen) atoms. The lowest BCUT2D eigenvalue weighted by Gasteiger charge is -2.18. The van der Waals surface area contributed by atoms with Gasteiger partial charge in [-0.25, -0.2) is 8.78 Å². The van der Waals surface area contributed by atoms with Crippen LogP contribution in [-0.4, -0.2) is 25.8 Å². The van der Waals surface area contributed by atoms with Crippen molar-refractivity contribution in [3.05, 3.63) is 35.4 Å². The Morgan fingerprint density at radius 1 is 1.28 bits per heavy atom. The van der Waals surface area contributed by atoms with E-state index in [2.05, 4.69) is 5.32 Å². The van der Waals surface area contributed by atoms with Crippen molar-refractivity contribution in [1.82, 2.24) is 5.32 Å². The van der Waals surface area contributed by atoms with Gasteiger partial charge in [0.05, 0.1) is 0 Å². The van der Waals surface area contributed by atoms with Crippen molar-refractivity contribution < 1.29 is 13.5 Å². The molecule has 0 saturated carbocycles. The number of likely N-dealkylation sites (N-methyl/N-ethyl adjacent to an activating group) is 1. The van der Waals surface area contributed by atoms with Gasteiger partial charge in [-0.05, 0) is 37.9 Å². The zero-order valence-electron chi connectivity index (χ0n) is 11.0. The molecule has 102 valence electrons. The minimum Gasteiger partial charge on any atom is -0.382 e. The summed E-state index contributed by atoms with van der Waals surface area (Å²) in [5.74, 6) is -1.52. The van der Waals surface area contributed by atoms with Gasteiger partial charge in [0.15, 0.2) is 11.6 Å². The molecule has 1 aromatic carbocycles. The summed E-state index contributed by atoms with van der Waals surface area (Å²) in [4.78, 5) is 0. The topological polar surface area (TPSA) is 21.3 Å². The molecular formula is C14H21F2NO. The molecule has 1 atom stereocenters. The van der Waals surface area contributed by atoms with Gasteiger partial charge >= 0.3 is 0 Å². The van der Waals surface area contributed by atoms with E-state index in [9.17, 15) is 8.78 Å². The van der Waals surface area contributed by atoms with E-state index >= 15 is 0 Å². The fourth-order valence-electron chi connectivity index (χ4n) is 1.91. The molecule has 1 unspecified atom stereocenters. The molecule has 2 nitrogen and oxygen atoms in total. The lowest BCUT2D eigenvalue weighted by Crippen LogP contribution is -2.32. The third-order valence-electron chi connectivity index (χ3n) is 2.81. The lowest BCUT2D eigenvalue weighted by atomic mass is 10.0. The fraction of sp³-hybridized carbons (Fsp3) is 0.571. The second-order valence-electron chi connectivity index (χ2n) is 4.16. The molecule has 0 aliphatic heterocycles. The van der Waals surface area contributed by atoms with Crippen LogP contribution in [0.5, 0.6) is 0 Å². The first kappa shape index (κ1) is 15.1. The molecule has 0 saturated heterocycles. The quantitative estimate of drug-likeness (QED) is 0.723. The molecule has 0 amide bonds. The van der Waals surface area contributed by atoms with Crippen LogP contribution < -0.4 is 5.32 Å². The number of ether oxygens (including phenoxy) is 1. The first-order valence-corrected chi connectivity index (χ1v) is 6.43. The van der Waals surface area contributed by atoms with E-state index < -0.39 is 11.6 Å². The maximum absolute atomic E-state index is 13.6. The van der Waals surface area contributed by atoms with Crippen LogP contribution in [0.2, 0.25) is 0 Å². The highest BCUT2D eigenvalue weighted by molar-refractivity contribution is 5.20. The van der Waals surface area contributed by atoms with Gasteiger partial charge in [0, 0.05) is 19.3 Å². The molecule has 0 heterocycles. The molecule has 1 rings (SSSR count). The van der Waals surface area contributed by atoms with Gasteiger partial charge in [-0.3, -0.25) is 0 Å². The summed E-state index contributed by atoms with van der Waals surface area (Å²) in [7, 11) is 0. The third kappa shape index (κ3) is 4.70. The number of benzene rings is 1. The average molecular weight is 257 g/mol.